The molecule has 1 heterocycles. The van der Waals surface area contributed by atoms with E-state index in [2.05, 4.69) is 55.4 Å². The summed E-state index contributed by atoms with van der Waals surface area (Å²) >= 11 is 0. The summed E-state index contributed by atoms with van der Waals surface area (Å²) in [5.41, 5.74) is 1.10. The summed E-state index contributed by atoms with van der Waals surface area (Å²) in [6.07, 6.45) is 2.25. The summed E-state index contributed by atoms with van der Waals surface area (Å²) in [5, 5.41) is 10.7. The molecule has 0 fully saturated rings. The van der Waals surface area contributed by atoms with Crippen molar-refractivity contribution in [2.75, 3.05) is 20.7 Å². The van der Waals surface area contributed by atoms with Crippen LogP contribution in [0.4, 0.5) is 0 Å². The second-order valence-corrected chi connectivity index (χ2v) is 7.13. The van der Waals surface area contributed by atoms with Crippen LogP contribution in [-0.4, -0.2) is 37.9 Å². The van der Waals surface area contributed by atoms with Gasteiger partial charge < -0.3 is 19.9 Å². The predicted molar refractivity (Wildman–Crippen MR) is 114 cm³/mol. The predicted octanol–water partition coefficient (Wildman–Crippen LogP) is 3.92. The highest BCUT2D eigenvalue weighted by Crippen LogP contribution is 2.22. The molecule has 1 aromatic rings. The number of nitrogens with one attached hydrogen (secondary N) is 2. The van der Waals surface area contributed by atoms with E-state index >= 15 is 0 Å². The average molecular weight is 466 g/mol. The van der Waals surface area contributed by atoms with Crippen molar-refractivity contribution >= 4 is 29.9 Å². The second kappa shape index (κ2) is 11.7. The number of nitrogens with zero attached hydrogens (tertiary/aromatic N) is 2. The van der Waals surface area contributed by atoms with Gasteiger partial charge in [-0.1, -0.05) is 39.8 Å². The maximum atomic E-state index is 5.55. The van der Waals surface area contributed by atoms with Crippen LogP contribution in [0.25, 0.3) is 0 Å². The van der Waals surface area contributed by atoms with Crippen molar-refractivity contribution in [3.05, 3.63) is 17.5 Å². The third-order valence-corrected chi connectivity index (χ3v) is 4.34. The van der Waals surface area contributed by atoms with Gasteiger partial charge in [-0.3, -0.25) is 4.99 Å². The van der Waals surface area contributed by atoms with Crippen LogP contribution in [0.2, 0.25) is 0 Å². The number of ether oxygens (including phenoxy) is 1. The number of rotatable bonds is 8. The van der Waals surface area contributed by atoms with Crippen LogP contribution in [0.1, 0.15) is 64.8 Å². The summed E-state index contributed by atoms with van der Waals surface area (Å²) in [6, 6.07) is 2.03. The van der Waals surface area contributed by atoms with Crippen molar-refractivity contribution in [3.63, 3.8) is 0 Å². The van der Waals surface area contributed by atoms with Crippen LogP contribution in [0, 0.1) is 5.41 Å². The Morgan fingerprint density at radius 3 is 2.40 bits per heavy atom. The van der Waals surface area contributed by atoms with Gasteiger partial charge in [-0.15, -0.1) is 24.0 Å². The van der Waals surface area contributed by atoms with Gasteiger partial charge in [0.05, 0.1) is 18.3 Å². The Hall–Kier alpha value is -0.830. The lowest BCUT2D eigenvalue weighted by atomic mass is 9.89. The van der Waals surface area contributed by atoms with Crippen molar-refractivity contribution in [1.82, 2.24) is 15.8 Å². The van der Waals surface area contributed by atoms with Crippen molar-refractivity contribution in [1.29, 1.82) is 0 Å². The number of halogens is 1. The van der Waals surface area contributed by atoms with E-state index in [9.17, 15) is 0 Å². The third-order valence-electron chi connectivity index (χ3n) is 4.34. The molecule has 1 rings (SSSR count). The first-order valence-corrected chi connectivity index (χ1v) is 8.78. The Bertz CT molecular complexity index is 507. The van der Waals surface area contributed by atoms with Gasteiger partial charge in [0.2, 0.25) is 0 Å². The van der Waals surface area contributed by atoms with E-state index < -0.39 is 0 Å². The Kier molecular flexibility index (Phi) is 11.3. The summed E-state index contributed by atoms with van der Waals surface area (Å²) in [6.45, 7) is 12.1. The lowest BCUT2D eigenvalue weighted by molar-refractivity contribution is 0.0205. The van der Waals surface area contributed by atoms with E-state index in [1.54, 1.807) is 14.2 Å². The second-order valence-electron chi connectivity index (χ2n) is 7.13. The lowest BCUT2D eigenvalue weighted by Crippen LogP contribution is -2.45. The normalized spacial score (nSPS) is 13.5. The number of hydrogen-bond donors (Lipinski definition) is 2. The Labute approximate surface area is 169 Å². The van der Waals surface area contributed by atoms with Crippen molar-refractivity contribution in [2.24, 2.45) is 10.4 Å². The van der Waals surface area contributed by atoms with E-state index in [-0.39, 0.29) is 35.5 Å². The zero-order valence-corrected chi connectivity index (χ0v) is 19.0. The average Bonchev–Trinajstić information content (AvgIpc) is 2.99. The fraction of sp³-hybridized carbons (Fsp3) is 0.778. The minimum atomic E-state index is 0. The molecule has 146 valence electrons. The fourth-order valence-corrected chi connectivity index (χ4v) is 2.64. The zero-order valence-electron chi connectivity index (χ0n) is 16.7. The number of guanidine groups is 1. The highest BCUT2D eigenvalue weighted by molar-refractivity contribution is 14.0. The van der Waals surface area contributed by atoms with Crippen LogP contribution < -0.4 is 10.6 Å². The number of hydrogen-bond acceptors (Lipinski definition) is 4. The largest absolute Gasteiger partial charge is 0.379 e. The van der Waals surface area contributed by atoms with Gasteiger partial charge in [-0.05, 0) is 18.3 Å². The van der Waals surface area contributed by atoms with Crippen molar-refractivity contribution in [3.8, 4) is 0 Å². The molecule has 1 unspecified atom stereocenters. The van der Waals surface area contributed by atoms with Gasteiger partial charge in [0, 0.05) is 32.7 Å². The molecule has 0 spiro atoms. The Morgan fingerprint density at radius 1 is 1.28 bits per heavy atom. The smallest absolute Gasteiger partial charge is 0.191 e. The molecule has 25 heavy (non-hydrogen) atoms. The maximum absolute atomic E-state index is 5.55. The molecule has 1 atom stereocenters. The minimum Gasteiger partial charge on any atom is -0.379 e. The first-order chi connectivity index (χ1) is 11.3. The molecule has 0 aliphatic heterocycles. The van der Waals surface area contributed by atoms with E-state index in [1.807, 2.05) is 6.07 Å². The Morgan fingerprint density at radius 2 is 1.92 bits per heavy atom. The molecule has 0 saturated carbocycles. The zero-order chi connectivity index (χ0) is 18.2. The SMILES string of the molecule is CCC(CC)c1cc(CNC(=NC)NCC(OC)C(C)(C)C)on1.I. The first-order valence-electron chi connectivity index (χ1n) is 8.78. The van der Waals surface area contributed by atoms with Crippen LogP contribution in [0.15, 0.2) is 15.6 Å². The van der Waals surface area contributed by atoms with Gasteiger partial charge in [-0.2, -0.15) is 0 Å². The van der Waals surface area contributed by atoms with Gasteiger partial charge in [0.15, 0.2) is 11.7 Å². The first kappa shape index (κ1) is 24.2. The molecule has 0 amide bonds. The monoisotopic (exact) mass is 466 g/mol. The summed E-state index contributed by atoms with van der Waals surface area (Å²) < 4.78 is 11.0. The third kappa shape index (κ3) is 7.94. The summed E-state index contributed by atoms with van der Waals surface area (Å²) in [5.74, 6) is 2.01. The highest BCUT2D eigenvalue weighted by atomic mass is 127. The molecule has 0 aliphatic carbocycles. The Balaban J connectivity index is 0.00000576. The van der Waals surface area contributed by atoms with Gasteiger partial charge in [0.1, 0.15) is 0 Å². The molecule has 1 aromatic heterocycles. The topological polar surface area (TPSA) is 71.7 Å². The molecule has 2 N–H and O–H groups in total. The number of aliphatic imine (C=N–C) groups is 1. The number of aromatic nitrogens is 1. The van der Waals surface area contributed by atoms with E-state index in [0.29, 0.717) is 19.0 Å². The summed E-state index contributed by atoms with van der Waals surface area (Å²) in [7, 11) is 3.49. The molecule has 6 nitrogen and oxygen atoms in total. The van der Waals surface area contributed by atoms with Crippen LogP contribution >= 0.6 is 24.0 Å². The van der Waals surface area contributed by atoms with Crippen molar-refractivity contribution < 1.29 is 9.26 Å². The molecule has 7 heteroatoms. The molecule has 0 radical (unpaired) electrons. The fourth-order valence-electron chi connectivity index (χ4n) is 2.64. The maximum Gasteiger partial charge on any atom is 0.191 e. The molecular weight excluding hydrogens is 431 g/mol. The van der Waals surface area contributed by atoms with Crippen LogP contribution in [0.3, 0.4) is 0 Å². The summed E-state index contributed by atoms with van der Waals surface area (Å²) in [4.78, 5) is 4.24. The standard InChI is InChI=1S/C18H34N4O2.HI/c1-8-13(9-2)15-10-14(24-22-15)11-20-17(19-6)21-12-16(23-7)18(3,4)5;/h10,13,16H,8-9,11-12H2,1-7H3,(H2,19,20,21);1H. The number of methoxy groups -OCH3 is 1. The lowest BCUT2D eigenvalue weighted by Gasteiger charge is -2.30. The molecule has 0 bridgehead atoms. The molecule has 0 aromatic carbocycles. The van der Waals surface area contributed by atoms with Crippen molar-refractivity contribution in [2.45, 2.75) is 66.0 Å². The van der Waals surface area contributed by atoms with Gasteiger partial charge in [-0.25, -0.2) is 0 Å². The minimum absolute atomic E-state index is 0. The molecule has 0 saturated heterocycles. The molecular formula is C18H35IN4O2. The van der Waals surface area contributed by atoms with Gasteiger partial charge in [0.25, 0.3) is 0 Å². The molecule has 0 aliphatic rings. The van der Waals surface area contributed by atoms with E-state index in [0.717, 1.165) is 30.3 Å². The van der Waals surface area contributed by atoms with E-state index in [1.165, 1.54) is 0 Å². The quantitative estimate of drug-likeness (QED) is 0.345. The van der Waals surface area contributed by atoms with Gasteiger partial charge >= 0.3 is 0 Å². The van der Waals surface area contributed by atoms with Crippen LogP contribution in [0.5, 0.6) is 0 Å². The van der Waals surface area contributed by atoms with E-state index in [4.69, 9.17) is 9.26 Å². The highest BCUT2D eigenvalue weighted by Gasteiger charge is 2.24. The van der Waals surface area contributed by atoms with Crippen LogP contribution in [-0.2, 0) is 11.3 Å².